The van der Waals surface area contributed by atoms with Gasteiger partial charge >= 0.3 is 0 Å². The lowest BCUT2D eigenvalue weighted by molar-refractivity contribution is -0.119. The predicted octanol–water partition coefficient (Wildman–Crippen LogP) is 3.59. The normalized spacial score (nSPS) is 32.4. The molecule has 3 aliphatic carbocycles. The molecule has 23 heavy (non-hydrogen) atoms. The second kappa shape index (κ2) is 6.27. The minimum atomic E-state index is 0.111. The van der Waals surface area contributed by atoms with Crippen LogP contribution in [0.25, 0.3) is 0 Å². The van der Waals surface area contributed by atoms with Crippen LogP contribution < -0.4 is 10.6 Å². The van der Waals surface area contributed by atoms with E-state index in [1.54, 1.807) is 23.6 Å². The summed E-state index contributed by atoms with van der Waals surface area (Å²) in [7, 11) is 0. The highest BCUT2D eigenvalue weighted by Crippen LogP contribution is 2.47. The summed E-state index contributed by atoms with van der Waals surface area (Å²) in [5, 5.41) is 7.03. The van der Waals surface area contributed by atoms with Crippen LogP contribution in [0.4, 0.5) is 0 Å². The summed E-state index contributed by atoms with van der Waals surface area (Å²) >= 11 is 0. The Balaban J connectivity index is 1.40. The molecule has 124 valence electrons. The first kappa shape index (κ1) is 15.2. The zero-order valence-corrected chi connectivity index (χ0v) is 14.1. The minimum absolute atomic E-state index is 0.111. The highest BCUT2D eigenvalue weighted by Gasteiger charge is 2.35. The number of carbonyl (C=O) groups is 1. The number of aryl methyl sites for hydroxylation is 1. The molecule has 0 unspecified atom stereocenters. The quantitative estimate of drug-likeness (QED) is 0.895. The lowest BCUT2D eigenvalue weighted by atomic mass is 9.84. The van der Waals surface area contributed by atoms with Crippen molar-refractivity contribution in [3.05, 3.63) is 34.9 Å². The average molecular weight is 312 g/mol. The summed E-state index contributed by atoms with van der Waals surface area (Å²) in [6.45, 7) is 1.62. The molecule has 0 aromatic heterocycles. The van der Waals surface area contributed by atoms with Crippen molar-refractivity contribution in [2.75, 3.05) is 0 Å². The molecule has 3 aliphatic rings. The second-order valence-electron chi connectivity index (χ2n) is 7.71. The van der Waals surface area contributed by atoms with Crippen LogP contribution in [-0.4, -0.2) is 18.0 Å². The molecular weight excluding hydrogens is 284 g/mol. The number of hydrogen-bond acceptors (Lipinski definition) is 2. The van der Waals surface area contributed by atoms with Gasteiger partial charge in [-0.3, -0.25) is 4.79 Å². The van der Waals surface area contributed by atoms with Crippen molar-refractivity contribution in [3.63, 3.8) is 0 Å². The van der Waals surface area contributed by atoms with E-state index in [1.165, 1.54) is 38.5 Å². The molecule has 1 aromatic rings. The highest BCUT2D eigenvalue weighted by atomic mass is 16.1. The van der Waals surface area contributed by atoms with Crippen molar-refractivity contribution in [1.82, 2.24) is 10.6 Å². The number of amides is 1. The predicted molar refractivity (Wildman–Crippen MR) is 92.5 cm³/mol. The molecular formula is C20H28N2O. The number of hydrogen-bond donors (Lipinski definition) is 2. The molecule has 0 bridgehead atoms. The fraction of sp³-hybridized carbons (Fsp3) is 0.650. The Morgan fingerprint density at radius 2 is 1.87 bits per heavy atom. The molecule has 0 spiro atoms. The van der Waals surface area contributed by atoms with E-state index in [0.717, 1.165) is 18.8 Å². The molecule has 3 nitrogen and oxygen atoms in total. The standard InChI is InChI=1S/C20H28N2O/c1-13(23)21-16-8-10-17(11-9-16)22-19-12-15-6-2-4-14-5-3-7-18(19)20(14)15/h3,5,7,15-17,19,22H,2,4,6,8-12H2,1H3,(H,21,23)/t15-,16?,17?,19+/m1/s1. The van der Waals surface area contributed by atoms with E-state index in [-0.39, 0.29) is 5.91 Å². The van der Waals surface area contributed by atoms with Gasteiger partial charge in [-0.25, -0.2) is 0 Å². The molecule has 0 aliphatic heterocycles. The third kappa shape index (κ3) is 3.03. The van der Waals surface area contributed by atoms with Crippen molar-refractivity contribution >= 4 is 5.91 Å². The molecule has 0 radical (unpaired) electrons. The third-order valence-corrected chi connectivity index (χ3v) is 6.10. The van der Waals surface area contributed by atoms with Crippen LogP contribution in [0.2, 0.25) is 0 Å². The summed E-state index contributed by atoms with van der Waals surface area (Å²) in [4.78, 5) is 11.2. The van der Waals surface area contributed by atoms with E-state index in [2.05, 4.69) is 28.8 Å². The van der Waals surface area contributed by atoms with Gasteiger partial charge in [-0.2, -0.15) is 0 Å². The Morgan fingerprint density at radius 1 is 1.09 bits per heavy atom. The van der Waals surface area contributed by atoms with Crippen molar-refractivity contribution in [1.29, 1.82) is 0 Å². The minimum Gasteiger partial charge on any atom is -0.354 e. The van der Waals surface area contributed by atoms with E-state index >= 15 is 0 Å². The molecule has 0 saturated heterocycles. The first-order valence-corrected chi connectivity index (χ1v) is 9.35. The Bertz CT molecular complexity index is 589. The maximum absolute atomic E-state index is 11.2. The van der Waals surface area contributed by atoms with Crippen LogP contribution >= 0.6 is 0 Å². The molecule has 1 saturated carbocycles. The zero-order chi connectivity index (χ0) is 15.8. The fourth-order valence-electron chi connectivity index (χ4n) is 5.12. The van der Waals surface area contributed by atoms with Crippen molar-refractivity contribution in [2.24, 2.45) is 0 Å². The number of carbonyl (C=O) groups excluding carboxylic acids is 1. The van der Waals surface area contributed by atoms with Gasteiger partial charge in [0.15, 0.2) is 0 Å². The van der Waals surface area contributed by atoms with Gasteiger partial charge < -0.3 is 10.6 Å². The zero-order valence-electron chi connectivity index (χ0n) is 14.1. The van der Waals surface area contributed by atoms with Gasteiger partial charge in [0, 0.05) is 25.0 Å². The fourth-order valence-corrected chi connectivity index (χ4v) is 5.12. The van der Waals surface area contributed by atoms with Crippen molar-refractivity contribution < 1.29 is 4.79 Å². The molecule has 1 aromatic carbocycles. The summed E-state index contributed by atoms with van der Waals surface area (Å²) < 4.78 is 0. The summed E-state index contributed by atoms with van der Waals surface area (Å²) in [5.74, 6) is 0.906. The highest BCUT2D eigenvalue weighted by molar-refractivity contribution is 5.73. The summed E-state index contributed by atoms with van der Waals surface area (Å²) in [6, 6.07) is 8.50. The molecule has 3 heteroatoms. The van der Waals surface area contributed by atoms with Gasteiger partial charge in [0.1, 0.15) is 0 Å². The first-order chi connectivity index (χ1) is 11.2. The third-order valence-electron chi connectivity index (χ3n) is 6.10. The van der Waals surface area contributed by atoms with Gasteiger partial charge in [0.25, 0.3) is 0 Å². The SMILES string of the molecule is CC(=O)NC1CCC(N[C@H]2C[C@H]3CCCc4cccc2c43)CC1. The van der Waals surface area contributed by atoms with Crippen LogP contribution in [0.5, 0.6) is 0 Å². The van der Waals surface area contributed by atoms with Crippen LogP contribution in [0, 0.1) is 0 Å². The monoisotopic (exact) mass is 312 g/mol. The number of nitrogens with one attached hydrogen (secondary N) is 2. The Hall–Kier alpha value is -1.35. The average Bonchev–Trinajstić information content (AvgIpc) is 2.89. The van der Waals surface area contributed by atoms with Gasteiger partial charge in [-0.05, 0) is 74.0 Å². The molecule has 4 rings (SSSR count). The molecule has 2 atom stereocenters. The van der Waals surface area contributed by atoms with Crippen LogP contribution in [0.1, 0.15) is 80.5 Å². The second-order valence-corrected chi connectivity index (χ2v) is 7.71. The smallest absolute Gasteiger partial charge is 0.217 e. The Kier molecular flexibility index (Phi) is 4.14. The van der Waals surface area contributed by atoms with Crippen LogP contribution in [0.3, 0.4) is 0 Å². The molecule has 1 amide bonds. The number of benzene rings is 1. The Labute approximate surface area is 139 Å². The van der Waals surface area contributed by atoms with E-state index in [0.29, 0.717) is 18.1 Å². The largest absolute Gasteiger partial charge is 0.354 e. The van der Waals surface area contributed by atoms with E-state index in [4.69, 9.17) is 0 Å². The topological polar surface area (TPSA) is 41.1 Å². The lowest BCUT2D eigenvalue weighted by Gasteiger charge is -2.31. The first-order valence-electron chi connectivity index (χ1n) is 9.35. The van der Waals surface area contributed by atoms with E-state index < -0.39 is 0 Å². The maximum atomic E-state index is 11.2. The molecule has 0 heterocycles. The van der Waals surface area contributed by atoms with Gasteiger partial charge in [-0.1, -0.05) is 18.2 Å². The summed E-state index contributed by atoms with van der Waals surface area (Å²) in [5.41, 5.74) is 4.87. The van der Waals surface area contributed by atoms with E-state index in [9.17, 15) is 4.79 Å². The molecule has 1 fully saturated rings. The van der Waals surface area contributed by atoms with Crippen molar-refractivity contribution in [3.8, 4) is 0 Å². The Morgan fingerprint density at radius 3 is 2.65 bits per heavy atom. The lowest BCUT2D eigenvalue weighted by Crippen LogP contribution is -2.42. The van der Waals surface area contributed by atoms with Crippen LogP contribution in [0.15, 0.2) is 18.2 Å². The van der Waals surface area contributed by atoms with Gasteiger partial charge in [0.2, 0.25) is 5.91 Å². The van der Waals surface area contributed by atoms with Crippen LogP contribution in [-0.2, 0) is 11.2 Å². The maximum Gasteiger partial charge on any atom is 0.217 e. The number of rotatable bonds is 3. The van der Waals surface area contributed by atoms with E-state index in [1.807, 2.05) is 0 Å². The molecule has 2 N–H and O–H groups in total. The van der Waals surface area contributed by atoms with Gasteiger partial charge in [0.05, 0.1) is 0 Å². The van der Waals surface area contributed by atoms with Gasteiger partial charge in [-0.15, -0.1) is 0 Å². The van der Waals surface area contributed by atoms with Crippen molar-refractivity contribution in [2.45, 2.75) is 82.3 Å². The summed E-state index contributed by atoms with van der Waals surface area (Å²) in [6.07, 6.45) is 9.88.